The maximum Gasteiger partial charge on any atom is -0.0276 e. The molecule has 0 spiro atoms. The maximum atomic E-state index is 2.40. The molecule has 0 aliphatic heterocycles. The standard InChI is InChI=1S/C23H38/c1-2-3-4-5-6-7-8-9-10-11-12-13-14-15-17-20-23-21-18-16-19-22-23/h13-14,16,18-19,21-22H,2-12,15,17,20H2,1H3. The first-order valence-corrected chi connectivity index (χ1v) is 10.1. The molecule has 0 radical (unpaired) electrons. The second-order valence-electron chi connectivity index (χ2n) is 6.82. The van der Waals surface area contributed by atoms with E-state index in [1.54, 1.807) is 0 Å². The molecule has 130 valence electrons. The summed E-state index contributed by atoms with van der Waals surface area (Å²) in [6.07, 6.45) is 24.1. The highest BCUT2D eigenvalue weighted by atomic mass is 14.0. The molecule has 0 aliphatic carbocycles. The van der Waals surface area contributed by atoms with Crippen LogP contribution in [0.3, 0.4) is 0 Å². The molecule has 0 nitrogen and oxygen atoms in total. The molecule has 0 unspecified atom stereocenters. The van der Waals surface area contributed by atoms with E-state index in [2.05, 4.69) is 49.4 Å². The molecule has 0 N–H and O–H groups in total. The van der Waals surface area contributed by atoms with E-state index in [4.69, 9.17) is 0 Å². The molecule has 0 aliphatic rings. The van der Waals surface area contributed by atoms with E-state index in [1.165, 1.54) is 95.5 Å². The molecule has 0 heterocycles. The Kier molecular flexibility index (Phi) is 13.8. The van der Waals surface area contributed by atoms with Gasteiger partial charge in [0, 0.05) is 0 Å². The van der Waals surface area contributed by atoms with E-state index in [1.807, 2.05) is 0 Å². The summed E-state index contributed by atoms with van der Waals surface area (Å²) < 4.78 is 0. The summed E-state index contributed by atoms with van der Waals surface area (Å²) in [6.45, 7) is 2.29. The molecular formula is C23H38. The summed E-state index contributed by atoms with van der Waals surface area (Å²) in [5.74, 6) is 0. The first-order chi connectivity index (χ1) is 11.4. The summed E-state index contributed by atoms with van der Waals surface area (Å²) >= 11 is 0. The van der Waals surface area contributed by atoms with E-state index < -0.39 is 0 Å². The van der Waals surface area contributed by atoms with E-state index >= 15 is 0 Å². The van der Waals surface area contributed by atoms with Crippen molar-refractivity contribution in [2.45, 2.75) is 96.8 Å². The van der Waals surface area contributed by atoms with Crippen LogP contribution in [-0.4, -0.2) is 0 Å². The first kappa shape index (κ1) is 20.0. The number of unbranched alkanes of at least 4 members (excludes halogenated alkanes) is 11. The molecule has 0 saturated heterocycles. The van der Waals surface area contributed by atoms with Gasteiger partial charge in [-0.1, -0.05) is 107 Å². The van der Waals surface area contributed by atoms with Crippen LogP contribution in [0.1, 0.15) is 96.0 Å². The molecule has 23 heavy (non-hydrogen) atoms. The fourth-order valence-electron chi connectivity index (χ4n) is 3.05. The van der Waals surface area contributed by atoms with Crippen molar-refractivity contribution in [3.05, 3.63) is 48.0 Å². The van der Waals surface area contributed by atoms with Crippen molar-refractivity contribution in [3.8, 4) is 0 Å². The fourth-order valence-corrected chi connectivity index (χ4v) is 3.05. The lowest BCUT2D eigenvalue weighted by atomic mass is 10.1. The highest BCUT2D eigenvalue weighted by Crippen LogP contribution is 2.11. The number of hydrogen-bond acceptors (Lipinski definition) is 0. The van der Waals surface area contributed by atoms with Crippen molar-refractivity contribution in [3.63, 3.8) is 0 Å². The van der Waals surface area contributed by atoms with Gasteiger partial charge in [-0.15, -0.1) is 0 Å². The summed E-state index contributed by atoms with van der Waals surface area (Å²) in [5.41, 5.74) is 1.47. The van der Waals surface area contributed by atoms with Gasteiger partial charge in [0.05, 0.1) is 0 Å². The zero-order valence-corrected chi connectivity index (χ0v) is 15.4. The second-order valence-corrected chi connectivity index (χ2v) is 6.82. The third-order valence-corrected chi connectivity index (χ3v) is 4.57. The van der Waals surface area contributed by atoms with Crippen molar-refractivity contribution in [1.82, 2.24) is 0 Å². The number of aryl methyl sites for hydroxylation is 1. The molecule has 1 aromatic carbocycles. The van der Waals surface area contributed by atoms with Crippen LogP contribution in [-0.2, 0) is 6.42 Å². The highest BCUT2D eigenvalue weighted by Gasteiger charge is 1.92. The third kappa shape index (κ3) is 13.1. The summed E-state index contributed by atoms with van der Waals surface area (Å²) in [4.78, 5) is 0. The minimum absolute atomic E-state index is 1.21. The average molecular weight is 315 g/mol. The minimum atomic E-state index is 1.21. The van der Waals surface area contributed by atoms with Crippen molar-refractivity contribution in [1.29, 1.82) is 0 Å². The Balaban J connectivity index is 1.78. The van der Waals surface area contributed by atoms with Gasteiger partial charge in [0.25, 0.3) is 0 Å². The van der Waals surface area contributed by atoms with Crippen LogP contribution in [0.5, 0.6) is 0 Å². The fraction of sp³-hybridized carbons (Fsp3) is 0.652. The van der Waals surface area contributed by atoms with Gasteiger partial charge in [-0.05, 0) is 37.7 Å². The van der Waals surface area contributed by atoms with Gasteiger partial charge in [0.15, 0.2) is 0 Å². The van der Waals surface area contributed by atoms with Crippen molar-refractivity contribution in [2.24, 2.45) is 0 Å². The topological polar surface area (TPSA) is 0 Å². The number of allylic oxidation sites excluding steroid dienone is 2. The zero-order valence-electron chi connectivity index (χ0n) is 15.4. The van der Waals surface area contributed by atoms with Crippen LogP contribution in [0.4, 0.5) is 0 Å². The molecule has 0 bridgehead atoms. The SMILES string of the molecule is CCCCCCCCCCCCC=CCCCc1ccccc1. The lowest BCUT2D eigenvalue weighted by Gasteiger charge is -2.01. The van der Waals surface area contributed by atoms with Crippen LogP contribution >= 0.6 is 0 Å². The smallest absolute Gasteiger partial charge is 0.0276 e. The number of benzene rings is 1. The second kappa shape index (κ2) is 15.8. The minimum Gasteiger partial charge on any atom is -0.0885 e. The van der Waals surface area contributed by atoms with E-state index in [0.29, 0.717) is 0 Å². The van der Waals surface area contributed by atoms with Crippen LogP contribution in [0.25, 0.3) is 0 Å². The molecular weight excluding hydrogens is 276 g/mol. The predicted octanol–water partition coefficient (Wildman–Crippen LogP) is 7.88. The summed E-state index contributed by atoms with van der Waals surface area (Å²) in [7, 11) is 0. The maximum absolute atomic E-state index is 2.40. The lowest BCUT2D eigenvalue weighted by molar-refractivity contribution is 0.557. The monoisotopic (exact) mass is 314 g/mol. The summed E-state index contributed by atoms with van der Waals surface area (Å²) in [5, 5.41) is 0. The Morgan fingerprint density at radius 1 is 0.609 bits per heavy atom. The quantitative estimate of drug-likeness (QED) is 0.228. The van der Waals surface area contributed by atoms with Crippen molar-refractivity contribution < 1.29 is 0 Å². The van der Waals surface area contributed by atoms with Gasteiger partial charge >= 0.3 is 0 Å². The number of hydrogen-bond donors (Lipinski definition) is 0. The van der Waals surface area contributed by atoms with Gasteiger partial charge in [-0.2, -0.15) is 0 Å². The van der Waals surface area contributed by atoms with Gasteiger partial charge < -0.3 is 0 Å². The Labute approximate surface area is 145 Å². The van der Waals surface area contributed by atoms with Gasteiger partial charge in [0.2, 0.25) is 0 Å². The Hall–Kier alpha value is -1.04. The van der Waals surface area contributed by atoms with E-state index in [0.717, 1.165) is 0 Å². The van der Waals surface area contributed by atoms with Gasteiger partial charge in [0.1, 0.15) is 0 Å². The Morgan fingerprint density at radius 3 is 1.74 bits per heavy atom. The normalized spacial score (nSPS) is 11.3. The molecule has 0 fully saturated rings. The number of rotatable bonds is 15. The summed E-state index contributed by atoms with van der Waals surface area (Å²) in [6, 6.07) is 10.8. The highest BCUT2D eigenvalue weighted by molar-refractivity contribution is 5.14. The van der Waals surface area contributed by atoms with Gasteiger partial charge in [-0.25, -0.2) is 0 Å². The average Bonchev–Trinajstić information content (AvgIpc) is 2.59. The molecule has 0 atom stereocenters. The Bertz CT molecular complexity index is 363. The van der Waals surface area contributed by atoms with Crippen LogP contribution in [0.15, 0.2) is 42.5 Å². The molecule has 1 rings (SSSR count). The molecule has 0 aromatic heterocycles. The third-order valence-electron chi connectivity index (χ3n) is 4.57. The van der Waals surface area contributed by atoms with E-state index in [9.17, 15) is 0 Å². The predicted molar refractivity (Wildman–Crippen MR) is 105 cm³/mol. The van der Waals surface area contributed by atoms with E-state index in [-0.39, 0.29) is 0 Å². The zero-order chi connectivity index (χ0) is 16.4. The molecule has 0 heteroatoms. The lowest BCUT2D eigenvalue weighted by Crippen LogP contribution is -1.83. The molecule has 1 aromatic rings. The van der Waals surface area contributed by atoms with Crippen molar-refractivity contribution in [2.75, 3.05) is 0 Å². The first-order valence-electron chi connectivity index (χ1n) is 10.1. The molecule has 0 amide bonds. The largest absolute Gasteiger partial charge is 0.0885 e. The van der Waals surface area contributed by atoms with Crippen molar-refractivity contribution >= 4 is 0 Å². The van der Waals surface area contributed by atoms with Crippen LogP contribution < -0.4 is 0 Å². The van der Waals surface area contributed by atoms with Gasteiger partial charge in [-0.3, -0.25) is 0 Å². The Morgan fingerprint density at radius 2 is 1.13 bits per heavy atom. The molecule has 0 saturated carbocycles. The van der Waals surface area contributed by atoms with Crippen LogP contribution in [0, 0.1) is 0 Å². The van der Waals surface area contributed by atoms with Crippen LogP contribution in [0.2, 0.25) is 0 Å².